The van der Waals surface area contributed by atoms with Crippen LogP contribution < -0.4 is 11.1 Å². The molecule has 1 aromatic carbocycles. The maximum atomic E-state index is 13.3. The molecule has 0 radical (unpaired) electrons. The zero-order valence-corrected chi connectivity index (χ0v) is 10.8. The van der Waals surface area contributed by atoms with Crippen molar-refractivity contribution in [3.05, 3.63) is 29.3 Å². The summed E-state index contributed by atoms with van der Waals surface area (Å²) in [6.07, 6.45) is 2.07. The van der Waals surface area contributed by atoms with Gasteiger partial charge in [-0.05, 0) is 18.4 Å². The first-order valence-electron chi connectivity index (χ1n) is 5.26. The highest BCUT2D eigenvalue weighted by atomic mass is 32.2. The van der Waals surface area contributed by atoms with Gasteiger partial charge in [0.15, 0.2) is 23.3 Å². The summed E-state index contributed by atoms with van der Waals surface area (Å²) >= 11 is 1.44. The molecule has 1 atom stereocenters. The minimum atomic E-state index is -1.66. The Labute approximate surface area is 111 Å². The van der Waals surface area contributed by atoms with E-state index in [1.807, 2.05) is 0 Å². The quantitative estimate of drug-likeness (QED) is 0.647. The molecule has 0 aliphatic heterocycles. The van der Waals surface area contributed by atoms with Crippen molar-refractivity contribution in [2.24, 2.45) is 5.73 Å². The Hall–Kier alpha value is -1.28. The van der Waals surface area contributed by atoms with Gasteiger partial charge in [-0.2, -0.15) is 11.8 Å². The average Bonchev–Trinajstić information content (AvgIpc) is 2.38. The van der Waals surface area contributed by atoms with E-state index in [0.29, 0.717) is 5.75 Å². The second-order valence-corrected chi connectivity index (χ2v) is 4.71. The summed E-state index contributed by atoms with van der Waals surface area (Å²) in [5, 5.41) is 1.77. The molecule has 0 spiro atoms. The maximum Gasteiger partial charge on any atom is 0.241 e. The van der Waals surface area contributed by atoms with Crippen LogP contribution in [0.25, 0.3) is 0 Å². The molecule has 0 bridgehead atoms. The third-order valence-electron chi connectivity index (χ3n) is 2.33. The molecule has 0 saturated carbocycles. The minimum Gasteiger partial charge on any atom is -0.320 e. The van der Waals surface area contributed by atoms with E-state index in [9.17, 15) is 22.4 Å². The molecule has 0 aliphatic carbocycles. The lowest BCUT2D eigenvalue weighted by Crippen LogP contribution is -2.36. The van der Waals surface area contributed by atoms with E-state index in [2.05, 4.69) is 0 Å². The number of anilines is 1. The molecule has 1 amide bonds. The van der Waals surface area contributed by atoms with Crippen LogP contribution in [0.2, 0.25) is 0 Å². The van der Waals surface area contributed by atoms with E-state index in [1.165, 1.54) is 11.8 Å². The van der Waals surface area contributed by atoms with Crippen LogP contribution in [0.1, 0.15) is 6.42 Å². The van der Waals surface area contributed by atoms with Crippen LogP contribution >= 0.6 is 11.8 Å². The Balaban J connectivity index is 2.91. The van der Waals surface area contributed by atoms with Crippen molar-refractivity contribution in [2.45, 2.75) is 12.5 Å². The molecular weight excluding hydrogens is 284 g/mol. The Morgan fingerprint density at radius 3 is 2.32 bits per heavy atom. The molecule has 0 aliphatic rings. The van der Waals surface area contributed by atoms with Crippen molar-refractivity contribution in [2.75, 3.05) is 17.3 Å². The maximum absolute atomic E-state index is 13.3. The summed E-state index contributed by atoms with van der Waals surface area (Å²) < 4.78 is 52.4. The molecule has 1 rings (SSSR count). The van der Waals surface area contributed by atoms with Crippen LogP contribution in [0.15, 0.2) is 6.07 Å². The Bertz CT molecular complexity index is 458. The van der Waals surface area contributed by atoms with Crippen LogP contribution in [-0.2, 0) is 4.79 Å². The molecule has 19 heavy (non-hydrogen) atoms. The van der Waals surface area contributed by atoms with Gasteiger partial charge in [-0.3, -0.25) is 4.79 Å². The number of carbonyl (C=O) groups is 1. The monoisotopic (exact) mass is 296 g/mol. The Morgan fingerprint density at radius 1 is 1.32 bits per heavy atom. The van der Waals surface area contributed by atoms with Gasteiger partial charge in [0.1, 0.15) is 5.69 Å². The van der Waals surface area contributed by atoms with Gasteiger partial charge >= 0.3 is 0 Å². The molecule has 1 aromatic rings. The highest BCUT2D eigenvalue weighted by molar-refractivity contribution is 7.98. The van der Waals surface area contributed by atoms with Crippen molar-refractivity contribution in [1.82, 2.24) is 0 Å². The molecule has 0 heterocycles. The summed E-state index contributed by atoms with van der Waals surface area (Å²) in [6.45, 7) is 0. The molecule has 0 unspecified atom stereocenters. The fourth-order valence-electron chi connectivity index (χ4n) is 1.27. The number of hydrogen-bond donors (Lipinski definition) is 2. The van der Waals surface area contributed by atoms with Crippen LogP contribution in [0, 0.1) is 23.3 Å². The van der Waals surface area contributed by atoms with Gasteiger partial charge in [0.05, 0.1) is 6.04 Å². The minimum absolute atomic E-state index is 0.0635. The normalized spacial score (nSPS) is 12.3. The van der Waals surface area contributed by atoms with Gasteiger partial charge in [-0.15, -0.1) is 0 Å². The summed E-state index contributed by atoms with van der Waals surface area (Å²) in [6, 6.07) is -0.953. The summed E-state index contributed by atoms with van der Waals surface area (Å²) in [4.78, 5) is 11.5. The molecule has 106 valence electrons. The summed E-state index contributed by atoms with van der Waals surface area (Å²) in [5.74, 6) is -6.85. The number of thioether (sulfide) groups is 1. The number of carbonyl (C=O) groups excluding carboxylic acids is 1. The Kier molecular flexibility index (Phi) is 5.61. The van der Waals surface area contributed by atoms with Crippen molar-refractivity contribution in [1.29, 1.82) is 0 Å². The number of amides is 1. The molecule has 8 heteroatoms. The largest absolute Gasteiger partial charge is 0.320 e. The summed E-state index contributed by atoms with van der Waals surface area (Å²) in [7, 11) is 0. The van der Waals surface area contributed by atoms with E-state index in [0.717, 1.165) is 0 Å². The molecule has 3 N–H and O–H groups in total. The highest BCUT2D eigenvalue weighted by Gasteiger charge is 2.22. The molecule has 0 saturated heterocycles. The summed E-state index contributed by atoms with van der Waals surface area (Å²) in [5.41, 5.74) is 4.30. The second-order valence-electron chi connectivity index (χ2n) is 3.72. The second kappa shape index (κ2) is 6.76. The lowest BCUT2D eigenvalue weighted by Gasteiger charge is -2.13. The van der Waals surface area contributed by atoms with Crippen molar-refractivity contribution >= 4 is 23.4 Å². The van der Waals surface area contributed by atoms with E-state index in [4.69, 9.17) is 5.73 Å². The number of rotatable bonds is 5. The number of nitrogens with one attached hydrogen (secondary N) is 1. The van der Waals surface area contributed by atoms with E-state index >= 15 is 0 Å². The van der Waals surface area contributed by atoms with Gasteiger partial charge in [0, 0.05) is 6.07 Å². The molecular formula is C11H12F4N2OS. The predicted molar refractivity (Wildman–Crippen MR) is 65.9 cm³/mol. The molecule has 0 fully saturated rings. The van der Waals surface area contributed by atoms with Gasteiger partial charge in [0.2, 0.25) is 5.91 Å². The zero-order valence-electron chi connectivity index (χ0n) is 9.97. The zero-order chi connectivity index (χ0) is 14.6. The van der Waals surface area contributed by atoms with Gasteiger partial charge in [0.25, 0.3) is 0 Å². The molecule has 0 aromatic heterocycles. The van der Waals surface area contributed by atoms with Gasteiger partial charge in [-0.25, -0.2) is 17.6 Å². The van der Waals surface area contributed by atoms with Crippen LogP contribution in [0.5, 0.6) is 0 Å². The van der Waals surface area contributed by atoms with Crippen LogP contribution in [-0.4, -0.2) is 24.0 Å². The number of hydrogen-bond acceptors (Lipinski definition) is 3. The lowest BCUT2D eigenvalue weighted by atomic mass is 10.2. The number of benzene rings is 1. The lowest BCUT2D eigenvalue weighted by molar-refractivity contribution is -0.117. The first-order chi connectivity index (χ1) is 8.88. The van der Waals surface area contributed by atoms with Crippen LogP contribution in [0.3, 0.4) is 0 Å². The van der Waals surface area contributed by atoms with E-state index in [-0.39, 0.29) is 12.5 Å². The number of nitrogens with two attached hydrogens (primary N) is 1. The van der Waals surface area contributed by atoms with Gasteiger partial charge in [-0.1, -0.05) is 0 Å². The van der Waals surface area contributed by atoms with E-state index < -0.39 is 40.9 Å². The van der Waals surface area contributed by atoms with Gasteiger partial charge < -0.3 is 11.1 Å². The number of halogens is 4. The third-order valence-corrected chi connectivity index (χ3v) is 2.97. The van der Waals surface area contributed by atoms with Crippen molar-refractivity contribution in [3.8, 4) is 0 Å². The smallest absolute Gasteiger partial charge is 0.241 e. The van der Waals surface area contributed by atoms with Crippen molar-refractivity contribution < 1.29 is 22.4 Å². The standard InChI is InChI=1S/C11H12F4N2OS/c1-19-3-2-7(16)11(18)17-10-8(14)5(12)4-6(13)9(10)15/h4,7H,2-3,16H2,1H3,(H,17,18)/t7-/m1/s1. The molecule has 3 nitrogen and oxygen atoms in total. The average molecular weight is 296 g/mol. The Morgan fingerprint density at radius 2 is 1.84 bits per heavy atom. The predicted octanol–water partition coefficient (Wildman–Crippen LogP) is 2.26. The van der Waals surface area contributed by atoms with Crippen molar-refractivity contribution in [3.63, 3.8) is 0 Å². The fourth-order valence-corrected chi connectivity index (χ4v) is 1.76. The first kappa shape index (κ1) is 15.8. The van der Waals surface area contributed by atoms with Crippen LogP contribution in [0.4, 0.5) is 23.2 Å². The SMILES string of the molecule is CSCC[C@@H](N)C(=O)Nc1c(F)c(F)cc(F)c1F. The highest BCUT2D eigenvalue weighted by Crippen LogP contribution is 2.24. The van der Waals surface area contributed by atoms with E-state index in [1.54, 1.807) is 11.6 Å². The fraction of sp³-hybridized carbons (Fsp3) is 0.364. The first-order valence-corrected chi connectivity index (χ1v) is 6.66. The topological polar surface area (TPSA) is 55.1 Å². The third kappa shape index (κ3) is 3.84.